The molecule has 0 aliphatic heterocycles. The highest BCUT2D eigenvalue weighted by Gasteiger charge is 2.21. The van der Waals surface area contributed by atoms with Crippen molar-refractivity contribution in [1.82, 2.24) is 0 Å². The Kier molecular flexibility index (Phi) is 4.51. The average molecular weight is 247 g/mol. The fraction of sp³-hybridized carbons (Fsp3) is 0.364. The lowest BCUT2D eigenvalue weighted by Crippen LogP contribution is -2.20. The molecule has 0 aliphatic rings. The molecule has 1 atom stereocenters. The van der Waals surface area contributed by atoms with Gasteiger partial charge in [-0.1, -0.05) is 0 Å². The molecule has 6 heteroatoms. The monoisotopic (exact) mass is 247 g/mol. The number of esters is 1. The van der Waals surface area contributed by atoms with Crippen LogP contribution >= 0.6 is 0 Å². The number of ether oxygens (including phenoxy) is 1. The largest absolute Gasteiger partial charge is 0.466 e. The Morgan fingerprint density at radius 3 is 2.35 bits per heavy atom. The first-order chi connectivity index (χ1) is 7.95. The van der Waals surface area contributed by atoms with Crippen molar-refractivity contribution in [2.45, 2.75) is 19.4 Å². The van der Waals surface area contributed by atoms with Crippen LogP contribution in [0.15, 0.2) is 12.1 Å². The van der Waals surface area contributed by atoms with Crippen LogP contribution in [-0.2, 0) is 9.53 Å². The van der Waals surface area contributed by atoms with E-state index in [1.807, 2.05) is 0 Å². The first kappa shape index (κ1) is 13.5. The molecular weight excluding hydrogens is 235 g/mol. The van der Waals surface area contributed by atoms with Crippen molar-refractivity contribution < 1.29 is 22.7 Å². The number of carbonyl (C=O) groups excluding carboxylic acids is 1. The Labute approximate surface area is 96.4 Å². The summed E-state index contributed by atoms with van der Waals surface area (Å²) in [6.07, 6.45) is -0.368. The minimum Gasteiger partial charge on any atom is -0.466 e. The summed E-state index contributed by atoms with van der Waals surface area (Å²) in [5.74, 6) is -3.92. The molecule has 1 aromatic rings. The molecule has 3 nitrogen and oxygen atoms in total. The number of nitrogens with two attached hydrogens (primary N) is 1. The fourth-order valence-electron chi connectivity index (χ4n) is 1.41. The normalized spacial score (nSPS) is 12.3. The summed E-state index contributed by atoms with van der Waals surface area (Å²) in [6.45, 7) is 1.75. The van der Waals surface area contributed by atoms with Crippen molar-refractivity contribution in [1.29, 1.82) is 0 Å². The second-order valence-corrected chi connectivity index (χ2v) is 3.40. The molecule has 17 heavy (non-hydrogen) atoms. The number of hydrogen-bond donors (Lipinski definition) is 1. The molecule has 0 saturated heterocycles. The Hall–Kier alpha value is -1.56. The summed E-state index contributed by atoms with van der Waals surface area (Å²) in [5.41, 5.74) is 4.96. The quantitative estimate of drug-likeness (QED) is 0.828. The Balaban J connectivity index is 2.89. The van der Waals surface area contributed by atoms with Gasteiger partial charge in [0.25, 0.3) is 0 Å². The predicted octanol–water partition coefficient (Wildman–Crippen LogP) is 2.06. The van der Waals surface area contributed by atoms with Crippen LogP contribution in [0.3, 0.4) is 0 Å². The van der Waals surface area contributed by atoms with Crippen LogP contribution in [0, 0.1) is 17.5 Å². The van der Waals surface area contributed by atoms with E-state index in [2.05, 4.69) is 4.74 Å². The summed E-state index contributed by atoms with van der Waals surface area (Å²) in [5, 5.41) is 0. The molecule has 1 aromatic carbocycles. The number of halogens is 3. The maximum Gasteiger partial charge on any atom is 0.307 e. The molecule has 1 rings (SSSR count). The third-order valence-electron chi connectivity index (χ3n) is 2.11. The van der Waals surface area contributed by atoms with Crippen molar-refractivity contribution >= 4 is 5.97 Å². The molecule has 0 radical (unpaired) electrons. The van der Waals surface area contributed by atoms with Crippen molar-refractivity contribution in [3.8, 4) is 0 Å². The number of benzene rings is 1. The molecule has 0 heterocycles. The van der Waals surface area contributed by atoms with Crippen LogP contribution in [0.1, 0.15) is 24.9 Å². The lowest BCUT2D eigenvalue weighted by molar-refractivity contribution is -0.143. The third kappa shape index (κ3) is 3.45. The zero-order valence-corrected chi connectivity index (χ0v) is 9.17. The number of carbonyl (C=O) groups is 1. The lowest BCUT2D eigenvalue weighted by Gasteiger charge is -2.13. The van der Waals surface area contributed by atoms with E-state index in [0.29, 0.717) is 12.1 Å². The molecule has 0 fully saturated rings. The van der Waals surface area contributed by atoms with Crippen molar-refractivity contribution in [2.24, 2.45) is 5.73 Å². The van der Waals surface area contributed by atoms with Crippen LogP contribution in [0.2, 0.25) is 0 Å². The van der Waals surface area contributed by atoms with E-state index in [1.54, 1.807) is 6.92 Å². The van der Waals surface area contributed by atoms with Gasteiger partial charge in [-0.25, -0.2) is 13.2 Å². The Bertz CT molecular complexity index is 400. The lowest BCUT2D eigenvalue weighted by atomic mass is 10.0. The molecular formula is C11H12F3NO2. The molecule has 0 bridgehead atoms. The topological polar surface area (TPSA) is 52.3 Å². The van der Waals surface area contributed by atoms with Gasteiger partial charge in [-0.15, -0.1) is 0 Å². The standard InChI is InChI=1S/C11H12F3NO2/c1-2-17-10(16)5-9(15)11-7(13)3-6(12)4-8(11)14/h3-4,9H,2,5,15H2,1H3/t9-/m0/s1. The van der Waals surface area contributed by atoms with E-state index < -0.39 is 35.0 Å². The van der Waals surface area contributed by atoms with Gasteiger partial charge < -0.3 is 10.5 Å². The Morgan fingerprint density at radius 1 is 1.35 bits per heavy atom. The SMILES string of the molecule is CCOC(=O)C[C@H](N)c1c(F)cc(F)cc1F. The van der Waals surface area contributed by atoms with E-state index in [-0.39, 0.29) is 13.0 Å². The summed E-state index contributed by atoms with van der Waals surface area (Å²) in [4.78, 5) is 11.1. The van der Waals surface area contributed by atoms with Gasteiger partial charge in [0, 0.05) is 23.7 Å². The van der Waals surface area contributed by atoms with Crippen LogP contribution in [0.5, 0.6) is 0 Å². The van der Waals surface area contributed by atoms with E-state index in [9.17, 15) is 18.0 Å². The summed E-state index contributed by atoms with van der Waals surface area (Å²) >= 11 is 0. The van der Waals surface area contributed by atoms with Gasteiger partial charge in [0.05, 0.1) is 13.0 Å². The maximum atomic E-state index is 13.3. The zero-order chi connectivity index (χ0) is 13.0. The van der Waals surface area contributed by atoms with Crippen LogP contribution in [0.4, 0.5) is 13.2 Å². The molecule has 0 spiro atoms. The molecule has 94 valence electrons. The van der Waals surface area contributed by atoms with Gasteiger partial charge in [0.2, 0.25) is 0 Å². The highest BCUT2D eigenvalue weighted by Crippen LogP contribution is 2.22. The minimum atomic E-state index is -1.20. The van der Waals surface area contributed by atoms with Gasteiger partial charge in [0.1, 0.15) is 17.5 Å². The van der Waals surface area contributed by atoms with Crippen molar-refractivity contribution in [3.05, 3.63) is 35.1 Å². The van der Waals surface area contributed by atoms with E-state index in [4.69, 9.17) is 5.73 Å². The second kappa shape index (κ2) is 5.67. The van der Waals surface area contributed by atoms with Crippen LogP contribution < -0.4 is 5.73 Å². The van der Waals surface area contributed by atoms with E-state index in [1.165, 1.54) is 0 Å². The second-order valence-electron chi connectivity index (χ2n) is 3.40. The van der Waals surface area contributed by atoms with Gasteiger partial charge >= 0.3 is 5.97 Å². The third-order valence-corrected chi connectivity index (χ3v) is 2.11. The number of rotatable bonds is 4. The van der Waals surface area contributed by atoms with Gasteiger partial charge in [-0.3, -0.25) is 4.79 Å². The zero-order valence-electron chi connectivity index (χ0n) is 9.17. The van der Waals surface area contributed by atoms with E-state index >= 15 is 0 Å². The predicted molar refractivity (Wildman–Crippen MR) is 54.5 cm³/mol. The number of hydrogen-bond acceptors (Lipinski definition) is 3. The molecule has 2 N–H and O–H groups in total. The maximum absolute atomic E-state index is 13.3. The van der Waals surface area contributed by atoms with Gasteiger partial charge in [-0.2, -0.15) is 0 Å². The summed E-state index contributed by atoms with van der Waals surface area (Å²) < 4.78 is 43.8. The average Bonchev–Trinajstić information content (AvgIpc) is 2.15. The highest BCUT2D eigenvalue weighted by atomic mass is 19.1. The first-order valence-electron chi connectivity index (χ1n) is 5.01. The van der Waals surface area contributed by atoms with Crippen LogP contribution in [0.25, 0.3) is 0 Å². The molecule has 0 aliphatic carbocycles. The van der Waals surface area contributed by atoms with Gasteiger partial charge in [-0.05, 0) is 6.92 Å². The minimum absolute atomic E-state index is 0.153. The summed E-state index contributed by atoms with van der Waals surface area (Å²) in [6, 6.07) is -0.165. The molecule has 0 saturated carbocycles. The Morgan fingerprint density at radius 2 is 1.88 bits per heavy atom. The van der Waals surface area contributed by atoms with Crippen molar-refractivity contribution in [2.75, 3.05) is 6.61 Å². The molecule has 0 unspecified atom stereocenters. The van der Waals surface area contributed by atoms with Gasteiger partial charge in [0.15, 0.2) is 0 Å². The van der Waals surface area contributed by atoms with Crippen LogP contribution in [-0.4, -0.2) is 12.6 Å². The summed E-state index contributed by atoms with van der Waals surface area (Å²) in [7, 11) is 0. The first-order valence-corrected chi connectivity index (χ1v) is 5.01. The highest BCUT2D eigenvalue weighted by molar-refractivity contribution is 5.70. The molecule has 0 aromatic heterocycles. The van der Waals surface area contributed by atoms with Crippen molar-refractivity contribution in [3.63, 3.8) is 0 Å². The van der Waals surface area contributed by atoms with E-state index in [0.717, 1.165) is 0 Å². The smallest absolute Gasteiger partial charge is 0.307 e. The fourth-order valence-corrected chi connectivity index (χ4v) is 1.41. The molecule has 0 amide bonds.